The maximum atomic E-state index is 13.0. The van der Waals surface area contributed by atoms with Crippen molar-refractivity contribution in [3.05, 3.63) is 65.3 Å². The smallest absolute Gasteiger partial charge is 0.240 e. The average molecular weight is 383 g/mol. The second-order valence-electron chi connectivity index (χ2n) is 6.26. The summed E-state index contributed by atoms with van der Waals surface area (Å²) in [5.41, 5.74) is 2.61. The van der Waals surface area contributed by atoms with Gasteiger partial charge in [-0.05, 0) is 30.3 Å². The van der Waals surface area contributed by atoms with Gasteiger partial charge in [-0.15, -0.1) is 11.3 Å². The number of fused-ring (bicyclic) bond motifs is 1. The zero-order chi connectivity index (χ0) is 18.6. The highest BCUT2D eigenvalue weighted by Gasteiger charge is 2.18. The zero-order valence-corrected chi connectivity index (χ0v) is 15.3. The molecule has 0 spiro atoms. The third kappa shape index (κ3) is 4.32. The van der Waals surface area contributed by atoms with Gasteiger partial charge in [-0.1, -0.05) is 18.2 Å². The van der Waals surface area contributed by atoms with Gasteiger partial charge in [0.15, 0.2) is 5.13 Å². The minimum atomic E-state index is -0.287. The molecule has 0 saturated heterocycles. The predicted octanol–water partition coefficient (Wildman–Crippen LogP) is 3.78. The van der Waals surface area contributed by atoms with Crippen molar-refractivity contribution in [3.63, 3.8) is 0 Å². The Balaban J connectivity index is 1.38. The number of nitrogens with one attached hydrogen (secondary N) is 1. The maximum Gasteiger partial charge on any atom is 0.240 e. The summed E-state index contributed by atoms with van der Waals surface area (Å²) in [6, 6.07) is 14.0. The van der Waals surface area contributed by atoms with Crippen LogP contribution in [0, 0.1) is 5.82 Å². The van der Waals surface area contributed by atoms with E-state index in [0.29, 0.717) is 30.5 Å². The fourth-order valence-corrected chi connectivity index (χ4v) is 3.70. The van der Waals surface area contributed by atoms with Crippen molar-refractivity contribution in [3.8, 4) is 17.0 Å². The second-order valence-corrected chi connectivity index (χ2v) is 7.12. The molecular formula is C20H18FN3O2S. The highest BCUT2D eigenvalue weighted by atomic mass is 32.1. The van der Waals surface area contributed by atoms with Gasteiger partial charge in [0, 0.05) is 29.6 Å². The lowest BCUT2D eigenvalue weighted by atomic mass is 10.2. The third-order valence-corrected chi connectivity index (χ3v) is 5.05. The number of carbonyl (C=O) groups is 1. The van der Waals surface area contributed by atoms with Crippen LogP contribution in [0.5, 0.6) is 5.75 Å². The van der Waals surface area contributed by atoms with Gasteiger partial charge in [0.2, 0.25) is 5.91 Å². The molecule has 2 aromatic carbocycles. The van der Waals surface area contributed by atoms with E-state index in [1.54, 1.807) is 12.1 Å². The van der Waals surface area contributed by atoms with Crippen molar-refractivity contribution >= 4 is 22.4 Å². The van der Waals surface area contributed by atoms with Crippen LogP contribution in [0.15, 0.2) is 53.9 Å². The molecule has 0 atom stereocenters. The number of nitrogens with zero attached hydrogens (tertiary/aromatic N) is 2. The Hall–Kier alpha value is -2.77. The quantitative estimate of drug-likeness (QED) is 0.745. The van der Waals surface area contributed by atoms with Gasteiger partial charge >= 0.3 is 0 Å². The molecule has 0 unspecified atom stereocenters. The molecule has 4 rings (SSSR count). The van der Waals surface area contributed by atoms with E-state index in [1.165, 1.54) is 23.5 Å². The van der Waals surface area contributed by atoms with E-state index in [9.17, 15) is 9.18 Å². The summed E-state index contributed by atoms with van der Waals surface area (Å²) >= 11 is 1.35. The molecule has 0 bridgehead atoms. The number of hydrogen-bond donors (Lipinski definition) is 1. The van der Waals surface area contributed by atoms with E-state index in [4.69, 9.17) is 4.74 Å². The number of aromatic nitrogens is 1. The van der Waals surface area contributed by atoms with Gasteiger partial charge < -0.3 is 10.1 Å². The summed E-state index contributed by atoms with van der Waals surface area (Å²) < 4.78 is 18.8. The lowest BCUT2D eigenvalue weighted by Gasteiger charge is -2.18. The number of hydrogen-bond acceptors (Lipinski definition) is 5. The van der Waals surface area contributed by atoms with Crippen LogP contribution in [0.4, 0.5) is 9.52 Å². The van der Waals surface area contributed by atoms with Crippen molar-refractivity contribution in [2.45, 2.75) is 6.54 Å². The number of amides is 1. The van der Waals surface area contributed by atoms with Gasteiger partial charge in [-0.25, -0.2) is 9.37 Å². The Morgan fingerprint density at radius 1 is 1.22 bits per heavy atom. The first-order valence-electron chi connectivity index (χ1n) is 8.62. The number of halogens is 1. The molecule has 0 aliphatic carbocycles. The van der Waals surface area contributed by atoms with E-state index >= 15 is 0 Å². The largest absolute Gasteiger partial charge is 0.492 e. The summed E-state index contributed by atoms with van der Waals surface area (Å²) in [4.78, 5) is 18.9. The van der Waals surface area contributed by atoms with Gasteiger partial charge in [-0.2, -0.15) is 0 Å². The molecule has 1 aromatic heterocycles. The first-order chi connectivity index (χ1) is 13.2. The monoisotopic (exact) mass is 383 g/mol. The molecule has 3 aromatic rings. The Bertz CT molecular complexity index is 942. The van der Waals surface area contributed by atoms with Crippen LogP contribution in [-0.4, -0.2) is 35.5 Å². The summed E-state index contributed by atoms with van der Waals surface area (Å²) in [5, 5.41) is 5.23. The minimum absolute atomic E-state index is 0.116. The Kier molecular flexibility index (Phi) is 5.13. The normalized spacial score (nSPS) is 14.1. The topological polar surface area (TPSA) is 54.5 Å². The number of thiazole rings is 1. The fraction of sp³-hybridized carbons (Fsp3) is 0.200. The lowest BCUT2D eigenvalue weighted by molar-refractivity contribution is -0.117. The van der Waals surface area contributed by atoms with Crippen LogP contribution in [0.1, 0.15) is 5.56 Å². The molecule has 0 saturated carbocycles. The van der Waals surface area contributed by atoms with E-state index in [1.807, 2.05) is 29.6 Å². The number of para-hydroxylation sites is 1. The Morgan fingerprint density at radius 3 is 2.89 bits per heavy atom. The van der Waals surface area contributed by atoms with E-state index in [0.717, 1.165) is 16.9 Å². The van der Waals surface area contributed by atoms with Crippen LogP contribution in [0.25, 0.3) is 11.3 Å². The predicted molar refractivity (Wildman–Crippen MR) is 103 cm³/mol. The molecule has 1 aliphatic rings. The standard InChI is InChI=1S/C20H18FN3O2S/c21-16-7-5-14(6-8-16)17-13-27-20(22-17)23-19(25)12-24-9-10-26-18-4-2-1-3-15(18)11-24/h1-8,13H,9-12H2,(H,22,23,25). The Labute approximate surface area is 160 Å². The van der Waals surface area contributed by atoms with Crippen LogP contribution < -0.4 is 10.1 Å². The van der Waals surface area contributed by atoms with Crippen LogP contribution in [0.3, 0.4) is 0 Å². The van der Waals surface area contributed by atoms with Gasteiger partial charge in [0.1, 0.15) is 18.2 Å². The molecule has 2 heterocycles. The van der Waals surface area contributed by atoms with Gasteiger partial charge in [0.25, 0.3) is 0 Å². The van der Waals surface area contributed by atoms with Crippen LogP contribution >= 0.6 is 11.3 Å². The second kappa shape index (κ2) is 7.85. The van der Waals surface area contributed by atoms with Gasteiger partial charge in [0.05, 0.1) is 12.2 Å². The number of benzene rings is 2. The zero-order valence-electron chi connectivity index (χ0n) is 14.5. The van der Waals surface area contributed by atoms with Crippen molar-refractivity contribution in [2.75, 3.05) is 25.0 Å². The van der Waals surface area contributed by atoms with Gasteiger partial charge in [-0.3, -0.25) is 9.69 Å². The SMILES string of the molecule is O=C(CN1CCOc2ccccc2C1)Nc1nc(-c2ccc(F)cc2)cs1. The molecule has 0 radical (unpaired) electrons. The summed E-state index contributed by atoms with van der Waals surface area (Å²) in [7, 11) is 0. The number of carbonyl (C=O) groups excluding carboxylic acids is 1. The summed E-state index contributed by atoms with van der Waals surface area (Å²) in [6.45, 7) is 2.17. The van der Waals surface area contributed by atoms with Crippen LogP contribution in [-0.2, 0) is 11.3 Å². The first kappa shape index (κ1) is 17.6. The van der Waals surface area contributed by atoms with E-state index < -0.39 is 0 Å². The van der Waals surface area contributed by atoms with E-state index in [-0.39, 0.29) is 18.3 Å². The number of ether oxygens (including phenoxy) is 1. The molecule has 138 valence electrons. The summed E-state index contributed by atoms with van der Waals surface area (Å²) in [6.07, 6.45) is 0. The number of rotatable bonds is 4. The lowest BCUT2D eigenvalue weighted by Crippen LogP contribution is -2.34. The minimum Gasteiger partial charge on any atom is -0.492 e. The van der Waals surface area contributed by atoms with E-state index in [2.05, 4.69) is 15.2 Å². The Morgan fingerprint density at radius 2 is 2.04 bits per heavy atom. The summed E-state index contributed by atoms with van der Waals surface area (Å²) in [5.74, 6) is 0.476. The maximum absolute atomic E-state index is 13.0. The van der Waals surface area contributed by atoms with Crippen molar-refractivity contribution < 1.29 is 13.9 Å². The fourth-order valence-electron chi connectivity index (χ4n) is 2.96. The molecule has 7 heteroatoms. The number of anilines is 1. The molecule has 5 nitrogen and oxygen atoms in total. The average Bonchev–Trinajstić information content (AvgIpc) is 3.02. The highest BCUT2D eigenvalue weighted by molar-refractivity contribution is 7.14. The molecule has 1 aliphatic heterocycles. The molecule has 0 fully saturated rings. The van der Waals surface area contributed by atoms with Crippen molar-refractivity contribution in [1.29, 1.82) is 0 Å². The molecule has 27 heavy (non-hydrogen) atoms. The first-order valence-corrected chi connectivity index (χ1v) is 9.50. The molecule has 1 amide bonds. The molecule has 1 N–H and O–H groups in total. The molecular weight excluding hydrogens is 365 g/mol. The van der Waals surface area contributed by atoms with Crippen molar-refractivity contribution in [2.24, 2.45) is 0 Å². The third-order valence-electron chi connectivity index (χ3n) is 4.29. The van der Waals surface area contributed by atoms with Crippen molar-refractivity contribution in [1.82, 2.24) is 9.88 Å². The van der Waals surface area contributed by atoms with Crippen LogP contribution in [0.2, 0.25) is 0 Å². The highest BCUT2D eigenvalue weighted by Crippen LogP contribution is 2.25.